The summed E-state index contributed by atoms with van der Waals surface area (Å²) in [6.07, 6.45) is 0. The molecule has 0 amide bonds. The number of hydrogen-bond acceptors (Lipinski definition) is 2. The molecule has 11 aromatic rings. The van der Waals surface area contributed by atoms with Crippen molar-refractivity contribution >= 4 is 80.9 Å². The van der Waals surface area contributed by atoms with Gasteiger partial charge in [-0.3, -0.25) is 0 Å². The molecule has 10 aromatic carbocycles. The lowest BCUT2D eigenvalue weighted by Crippen LogP contribution is -2.11. The van der Waals surface area contributed by atoms with Gasteiger partial charge in [0.2, 0.25) is 0 Å². The highest BCUT2D eigenvalue weighted by Crippen LogP contribution is 2.46. The van der Waals surface area contributed by atoms with Gasteiger partial charge in [-0.2, -0.15) is 0 Å². The molecule has 0 radical (unpaired) electrons. The van der Waals surface area contributed by atoms with E-state index in [1.165, 1.54) is 85.9 Å². The Hall–Kier alpha value is -7.00. The van der Waals surface area contributed by atoms with E-state index in [1.807, 2.05) is 11.3 Å². The third-order valence-corrected chi connectivity index (χ3v) is 12.4. The first-order valence-electron chi connectivity index (χ1n) is 19.2. The monoisotopic (exact) mass is 729 g/mol. The number of fused-ring (bicyclic) bond motifs is 9. The second-order valence-corrected chi connectivity index (χ2v) is 15.6. The summed E-state index contributed by atoms with van der Waals surface area (Å²) in [5.41, 5.74) is 10.5. The molecule has 0 unspecified atom stereocenters. The Morgan fingerprint density at radius 1 is 0.268 bits per heavy atom. The number of hydrogen-bond donors (Lipinski definition) is 0. The molecule has 0 aliphatic rings. The van der Waals surface area contributed by atoms with Gasteiger partial charge < -0.3 is 4.90 Å². The minimum atomic E-state index is 1.10. The van der Waals surface area contributed by atoms with Gasteiger partial charge in [-0.15, -0.1) is 11.3 Å². The molecule has 0 fully saturated rings. The van der Waals surface area contributed by atoms with E-state index >= 15 is 0 Å². The molecule has 262 valence electrons. The predicted octanol–water partition coefficient (Wildman–Crippen LogP) is 16.0. The normalized spacial score (nSPS) is 11.6. The fourth-order valence-electron chi connectivity index (χ4n) is 8.56. The zero-order valence-corrected chi connectivity index (χ0v) is 31.4. The zero-order chi connectivity index (χ0) is 37.0. The summed E-state index contributed by atoms with van der Waals surface area (Å²) in [4.78, 5) is 2.44. The highest BCUT2D eigenvalue weighted by molar-refractivity contribution is 7.25. The fourth-order valence-corrected chi connectivity index (χ4v) is 9.71. The average molecular weight is 730 g/mol. The molecule has 56 heavy (non-hydrogen) atoms. The SMILES string of the molecule is c1ccc(-c2ccc(N(c3ccc4c5ccccc5c5ccccc5c4c3)c3ccc(-c4ccc5c(c4)sc4ccccc45)cc3-c3ccccc3)cc2)cc1. The van der Waals surface area contributed by atoms with Crippen LogP contribution in [0.4, 0.5) is 17.1 Å². The quantitative estimate of drug-likeness (QED) is 0.154. The molecule has 0 saturated carbocycles. The van der Waals surface area contributed by atoms with E-state index in [0.717, 1.165) is 17.1 Å². The largest absolute Gasteiger partial charge is 0.310 e. The number of nitrogens with zero attached hydrogens (tertiary/aromatic N) is 1. The first-order valence-corrected chi connectivity index (χ1v) is 20.0. The third-order valence-electron chi connectivity index (χ3n) is 11.3. The van der Waals surface area contributed by atoms with Crippen molar-refractivity contribution < 1.29 is 0 Å². The highest BCUT2D eigenvalue weighted by Gasteiger charge is 2.20. The van der Waals surface area contributed by atoms with E-state index in [-0.39, 0.29) is 0 Å². The van der Waals surface area contributed by atoms with Crippen LogP contribution in [0.2, 0.25) is 0 Å². The minimum Gasteiger partial charge on any atom is -0.310 e. The molecule has 0 spiro atoms. The van der Waals surface area contributed by atoms with Crippen molar-refractivity contribution in [3.05, 3.63) is 212 Å². The van der Waals surface area contributed by atoms with Gasteiger partial charge in [-0.05, 0) is 109 Å². The van der Waals surface area contributed by atoms with Crippen LogP contribution in [0.15, 0.2) is 212 Å². The topological polar surface area (TPSA) is 3.24 Å². The van der Waals surface area contributed by atoms with E-state index in [2.05, 4.69) is 217 Å². The Bertz CT molecular complexity index is 3200. The van der Waals surface area contributed by atoms with Gasteiger partial charge in [-0.1, -0.05) is 164 Å². The molecular formula is C54H35NS. The van der Waals surface area contributed by atoms with Gasteiger partial charge in [0.05, 0.1) is 5.69 Å². The Balaban J connectivity index is 1.14. The minimum absolute atomic E-state index is 1.10. The van der Waals surface area contributed by atoms with Crippen LogP contribution in [0.5, 0.6) is 0 Å². The molecule has 1 heterocycles. The van der Waals surface area contributed by atoms with Crippen LogP contribution >= 0.6 is 11.3 Å². The summed E-state index contributed by atoms with van der Waals surface area (Å²) in [7, 11) is 0. The van der Waals surface area contributed by atoms with E-state index in [0.29, 0.717) is 0 Å². The molecule has 0 N–H and O–H groups in total. The molecule has 1 nitrogen and oxygen atoms in total. The summed E-state index contributed by atoms with van der Waals surface area (Å²) < 4.78 is 2.63. The zero-order valence-electron chi connectivity index (χ0n) is 30.6. The number of rotatable bonds is 6. The molecular weight excluding hydrogens is 695 g/mol. The van der Waals surface area contributed by atoms with Crippen molar-refractivity contribution in [3.63, 3.8) is 0 Å². The standard InChI is InChI=1S/C54H35NS/c1-3-13-36(14-4-1)37-23-27-41(28-24-37)55(42-29-31-47-45-19-8-7-17-43(45)44-18-9-10-20-46(44)51(47)35-42)52-32-26-39(33-50(52)38-15-5-2-6-16-38)40-25-30-49-48-21-11-12-22-53(48)56-54(49)34-40/h1-35H. The van der Waals surface area contributed by atoms with Crippen LogP contribution < -0.4 is 4.90 Å². The second-order valence-electron chi connectivity index (χ2n) is 14.5. The molecule has 0 saturated heterocycles. The maximum Gasteiger partial charge on any atom is 0.0540 e. The summed E-state index contributed by atoms with van der Waals surface area (Å²) in [6, 6.07) is 77.8. The Morgan fingerprint density at radius 3 is 1.43 bits per heavy atom. The highest BCUT2D eigenvalue weighted by atomic mass is 32.1. The summed E-state index contributed by atoms with van der Waals surface area (Å²) in [5, 5.41) is 10.2. The molecule has 2 heteroatoms. The Morgan fingerprint density at radius 2 is 0.732 bits per heavy atom. The number of anilines is 3. The molecule has 1 aromatic heterocycles. The van der Waals surface area contributed by atoms with Crippen molar-refractivity contribution in [1.29, 1.82) is 0 Å². The molecule has 0 aliphatic carbocycles. The van der Waals surface area contributed by atoms with Gasteiger partial charge >= 0.3 is 0 Å². The lowest BCUT2D eigenvalue weighted by Gasteiger charge is -2.29. The van der Waals surface area contributed by atoms with Crippen LogP contribution in [0.25, 0.3) is 85.9 Å². The number of benzene rings is 10. The lowest BCUT2D eigenvalue weighted by atomic mass is 9.93. The van der Waals surface area contributed by atoms with Gasteiger partial charge in [0.25, 0.3) is 0 Å². The van der Waals surface area contributed by atoms with E-state index < -0.39 is 0 Å². The number of thiophene rings is 1. The van der Waals surface area contributed by atoms with Crippen LogP contribution in [0.3, 0.4) is 0 Å². The van der Waals surface area contributed by atoms with Crippen molar-refractivity contribution in [3.8, 4) is 33.4 Å². The third kappa shape index (κ3) is 5.46. The molecule has 0 aliphatic heterocycles. The van der Waals surface area contributed by atoms with E-state index in [4.69, 9.17) is 0 Å². The summed E-state index contributed by atoms with van der Waals surface area (Å²) in [5.74, 6) is 0. The van der Waals surface area contributed by atoms with Crippen LogP contribution in [-0.4, -0.2) is 0 Å². The first-order chi connectivity index (χ1) is 27.8. The Kier molecular flexibility index (Phi) is 7.75. The maximum atomic E-state index is 2.44. The maximum absolute atomic E-state index is 2.44. The first kappa shape index (κ1) is 32.4. The lowest BCUT2D eigenvalue weighted by molar-refractivity contribution is 1.29. The van der Waals surface area contributed by atoms with Gasteiger partial charge in [0.1, 0.15) is 0 Å². The van der Waals surface area contributed by atoms with Gasteiger partial charge in [0.15, 0.2) is 0 Å². The molecule has 0 bridgehead atoms. The van der Waals surface area contributed by atoms with Gasteiger partial charge in [-0.25, -0.2) is 0 Å². The predicted molar refractivity (Wildman–Crippen MR) is 243 cm³/mol. The Labute approximate surface area is 330 Å². The van der Waals surface area contributed by atoms with Crippen LogP contribution in [0, 0.1) is 0 Å². The van der Waals surface area contributed by atoms with Crippen LogP contribution in [0.1, 0.15) is 0 Å². The average Bonchev–Trinajstić information content (AvgIpc) is 3.65. The summed E-state index contributed by atoms with van der Waals surface area (Å²) >= 11 is 1.87. The molecule has 0 atom stereocenters. The second kappa shape index (κ2) is 13.4. The summed E-state index contributed by atoms with van der Waals surface area (Å²) in [6.45, 7) is 0. The van der Waals surface area contributed by atoms with E-state index in [1.54, 1.807) is 0 Å². The van der Waals surface area contributed by atoms with Crippen molar-refractivity contribution in [1.82, 2.24) is 0 Å². The van der Waals surface area contributed by atoms with E-state index in [9.17, 15) is 0 Å². The van der Waals surface area contributed by atoms with Crippen molar-refractivity contribution in [2.75, 3.05) is 4.90 Å². The van der Waals surface area contributed by atoms with Gasteiger partial charge in [0, 0.05) is 37.1 Å². The van der Waals surface area contributed by atoms with Crippen LogP contribution in [-0.2, 0) is 0 Å². The fraction of sp³-hybridized carbons (Fsp3) is 0. The van der Waals surface area contributed by atoms with Crippen molar-refractivity contribution in [2.24, 2.45) is 0 Å². The molecule has 11 rings (SSSR count). The smallest absolute Gasteiger partial charge is 0.0540 e. The van der Waals surface area contributed by atoms with Crippen molar-refractivity contribution in [2.45, 2.75) is 0 Å².